The average molecular weight is 406 g/mol. The van der Waals surface area contributed by atoms with Gasteiger partial charge in [0.25, 0.3) is 5.91 Å². The van der Waals surface area contributed by atoms with Crippen LogP contribution in [0.4, 0.5) is 11.8 Å². The molecule has 0 bridgehead atoms. The Kier molecular flexibility index (Phi) is 5.08. The van der Waals surface area contributed by atoms with E-state index in [1.165, 1.54) is 25.7 Å². The minimum atomic E-state index is -0.300. The molecule has 5 rings (SSSR count). The summed E-state index contributed by atoms with van der Waals surface area (Å²) in [6.07, 6.45) is 11.4. The molecule has 30 heavy (non-hydrogen) atoms. The summed E-state index contributed by atoms with van der Waals surface area (Å²) >= 11 is 0. The number of aromatic nitrogens is 4. The first kappa shape index (κ1) is 19.0. The monoisotopic (exact) mass is 406 g/mol. The maximum atomic E-state index is 12.6. The fourth-order valence-corrected chi connectivity index (χ4v) is 4.44. The Bertz CT molecular complexity index is 1030. The number of likely N-dealkylation sites (tertiary alicyclic amines) is 1. The SMILES string of the molecule is O=C(c1ccc(Nc2ncc3ccn(C4CCCC4)c3n2)nc1)N1CCC(O)CC1. The number of carbonyl (C=O) groups is 1. The lowest BCUT2D eigenvalue weighted by molar-refractivity contribution is 0.0546. The first-order valence-corrected chi connectivity index (χ1v) is 10.7. The second kappa shape index (κ2) is 8.02. The zero-order valence-electron chi connectivity index (χ0n) is 16.9. The maximum Gasteiger partial charge on any atom is 0.255 e. The lowest BCUT2D eigenvalue weighted by Crippen LogP contribution is -2.40. The molecule has 1 aliphatic carbocycles. The van der Waals surface area contributed by atoms with Gasteiger partial charge in [-0.1, -0.05) is 12.8 Å². The number of amides is 1. The van der Waals surface area contributed by atoms with Gasteiger partial charge in [0.15, 0.2) is 0 Å². The highest BCUT2D eigenvalue weighted by Crippen LogP contribution is 2.32. The van der Waals surface area contributed by atoms with Crippen molar-refractivity contribution < 1.29 is 9.90 Å². The summed E-state index contributed by atoms with van der Waals surface area (Å²) < 4.78 is 2.26. The number of anilines is 2. The van der Waals surface area contributed by atoms with E-state index in [9.17, 15) is 9.90 Å². The van der Waals surface area contributed by atoms with E-state index in [-0.39, 0.29) is 12.0 Å². The molecule has 1 aliphatic heterocycles. The summed E-state index contributed by atoms with van der Waals surface area (Å²) in [5.74, 6) is 1.05. The van der Waals surface area contributed by atoms with Crippen molar-refractivity contribution in [1.29, 1.82) is 0 Å². The molecule has 2 aliphatic rings. The van der Waals surface area contributed by atoms with Crippen molar-refractivity contribution in [3.05, 3.63) is 42.4 Å². The second-order valence-corrected chi connectivity index (χ2v) is 8.21. The van der Waals surface area contributed by atoms with Crippen LogP contribution in [0.15, 0.2) is 36.8 Å². The third kappa shape index (κ3) is 3.75. The molecule has 1 saturated carbocycles. The van der Waals surface area contributed by atoms with Crippen LogP contribution in [0.5, 0.6) is 0 Å². The fourth-order valence-electron chi connectivity index (χ4n) is 4.44. The van der Waals surface area contributed by atoms with E-state index in [0.29, 0.717) is 49.3 Å². The van der Waals surface area contributed by atoms with Gasteiger partial charge < -0.3 is 19.9 Å². The first-order chi connectivity index (χ1) is 14.7. The van der Waals surface area contributed by atoms with Crippen LogP contribution in [0.2, 0.25) is 0 Å². The van der Waals surface area contributed by atoms with Crippen LogP contribution in [0, 0.1) is 0 Å². The predicted molar refractivity (Wildman–Crippen MR) is 114 cm³/mol. The highest BCUT2D eigenvalue weighted by atomic mass is 16.3. The number of piperidine rings is 1. The molecule has 3 aromatic rings. The molecule has 8 nitrogen and oxygen atoms in total. The van der Waals surface area contributed by atoms with Crippen LogP contribution < -0.4 is 5.32 Å². The van der Waals surface area contributed by atoms with E-state index in [1.807, 2.05) is 6.20 Å². The third-order valence-electron chi connectivity index (χ3n) is 6.18. The molecule has 4 heterocycles. The van der Waals surface area contributed by atoms with Gasteiger partial charge in [0.2, 0.25) is 5.95 Å². The Hall–Kier alpha value is -3.00. The molecule has 156 valence electrons. The number of nitrogens with one attached hydrogen (secondary N) is 1. The Morgan fingerprint density at radius 2 is 1.83 bits per heavy atom. The maximum absolute atomic E-state index is 12.6. The van der Waals surface area contributed by atoms with Gasteiger partial charge in [-0.05, 0) is 43.9 Å². The molecule has 8 heteroatoms. The molecule has 0 radical (unpaired) electrons. The number of hydrogen-bond acceptors (Lipinski definition) is 6. The number of pyridine rings is 1. The summed E-state index contributed by atoms with van der Waals surface area (Å²) in [7, 11) is 0. The number of carbonyl (C=O) groups excluding carboxylic acids is 1. The Labute approximate surface area is 175 Å². The minimum Gasteiger partial charge on any atom is -0.393 e. The van der Waals surface area contributed by atoms with Gasteiger partial charge in [0.1, 0.15) is 11.5 Å². The quantitative estimate of drug-likeness (QED) is 0.690. The van der Waals surface area contributed by atoms with Gasteiger partial charge in [-0.25, -0.2) is 9.97 Å². The highest BCUT2D eigenvalue weighted by Gasteiger charge is 2.22. The highest BCUT2D eigenvalue weighted by molar-refractivity contribution is 5.94. The summed E-state index contributed by atoms with van der Waals surface area (Å²) in [4.78, 5) is 27.9. The van der Waals surface area contributed by atoms with E-state index >= 15 is 0 Å². The predicted octanol–water partition coefficient (Wildman–Crippen LogP) is 3.28. The Morgan fingerprint density at radius 3 is 2.57 bits per heavy atom. The summed E-state index contributed by atoms with van der Waals surface area (Å²) in [5.41, 5.74) is 1.49. The number of fused-ring (bicyclic) bond motifs is 1. The fraction of sp³-hybridized carbons (Fsp3) is 0.455. The van der Waals surface area contributed by atoms with Crippen molar-refractivity contribution in [2.75, 3.05) is 18.4 Å². The van der Waals surface area contributed by atoms with Crippen LogP contribution in [0.1, 0.15) is 54.9 Å². The van der Waals surface area contributed by atoms with Crippen molar-refractivity contribution in [2.24, 2.45) is 0 Å². The zero-order chi connectivity index (χ0) is 20.5. The normalized spacial score (nSPS) is 18.2. The molecular weight excluding hydrogens is 380 g/mol. The summed E-state index contributed by atoms with van der Waals surface area (Å²) in [6.45, 7) is 1.16. The zero-order valence-corrected chi connectivity index (χ0v) is 16.9. The van der Waals surface area contributed by atoms with Crippen molar-refractivity contribution in [2.45, 2.75) is 50.7 Å². The second-order valence-electron chi connectivity index (χ2n) is 8.21. The van der Waals surface area contributed by atoms with Crippen LogP contribution in [0.3, 0.4) is 0 Å². The molecule has 0 unspecified atom stereocenters. The topological polar surface area (TPSA) is 96.2 Å². The lowest BCUT2D eigenvalue weighted by atomic mass is 10.1. The number of rotatable bonds is 4. The van der Waals surface area contributed by atoms with Gasteiger partial charge in [0, 0.05) is 43.1 Å². The number of hydrogen-bond donors (Lipinski definition) is 2. The van der Waals surface area contributed by atoms with E-state index in [0.717, 1.165) is 11.0 Å². The molecule has 1 amide bonds. The lowest BCUT2D eigenvalue weighted by Gasteiger charge is -2.29. The standard InChI is InChI=1S/C22H26N6O2/c29-18-8-10-27(11-9-18)21(30)16-5-6-19(23-14-16)25-22-24-13-15-7-12-28(20(15)26-22)17-3-1-2-4-17/h5-7,12-14,17-18,29H,1-4,8-11H2,(H,23,24,25,26). The number of aliphatic hydroxyl groups is 1. The van der Waals surface area contributed by atoms with E-state index in [2.05, 4.69) is 32.1 Å². The van der Waals surface area contributed by atoms with Crippen molar-refractivity contribution in [1.82, 2.24) is 24.4 Å². The molecule has 0 atom stereocenters. The molecular formula is C22H26N6O2. The smallest absolute Gasteiger partial charge is 0.255 e. The van der Waals surface area contributed by atoms with E-state index in [4.69, 9.17) is 4.98 Å². The van der Waals surface area contributed by atoms with Crippen LogP contribution >= 0.6 is 0 Å². The average Bonchev–Trinajstić information content (AvgIpc) is 3.44. The van der Waals surface area contributed by atoms with Crippen molar-refractivity contribution >= 4 is 28.7 Å². The largest absolute Gasteiger partial charge is 0.393 e. The van der Waals surface area contributed by atoms with Crippen molar-refractivity contribution in [3.8, 4) is 0 Å². The summed E-state index contributed by atoms with van der Waals surface area (Å²) in [6, 6.07) is 6.12. The molecule has 3 aromatic heterocycles. The molecule has 2 fully saturated rings. The van der Waals surface area contributed by atoms with Crippen molar-refractivity contribution in [3.63, 3.8) is 0 Å². The summed E-state index contributed by atoms with van der Waals surface area (Å²) in [5, 5.41) is 13.8. The van der Waals surface area contributed by atoms with Gasteiger partial charge in [0.05, 0.1) is 11.7 Å². The molecule has 1 saturated heterocycles. The van der Waals surface area contributed by atoms with E-state index < -0.39 is 0 Å². The Morgan fingerprint density at radius 1 is 1.03 bits per heavy atom. The van der Waals surface area contributed by atoms with Gasteiger partial charge in [-0.3, -0.25) is 4.79 Å². The molecule has 0 spiro atoms. The van der Waals surface area contributed by atoms with Crippen LogP contribution in [-0.2, 0) is 0 Å². The first-order valence-electron chi connectivity index (χ1n) is 10.7. The third-order valence-corrected chi connectivity index (χ3v) is 6.18. The minimum absolute atomic E-state index is 0.0481. The van der Waals surface area contributed by atoms with Crippen LogP contribution in [0.25, 0.3) is 11.0 Å². The molecule has 2 N–H and O–H groups in total. The molecule has 0 aromatic carbocycles. The van der Waals surface area contributed by atoms with Gasteiger partial charge >= 0.3 is 0 Å². The van der Waals surface area contributed by atoms with E-state index in [1.54, 1.807) is 23.2 Å². The van der Waals surface area contributed by atoms with Crippen LogP contribution in [-0.4, -0.2) is 54.6 Å². The van der Waals surface area contributed by atoms with Gasteiger partial charge in [-0.2, -0.15) is 4.98 Å². The van der Waals surface area contributed by atoms with Gasteiger partial charge in [-0.15, -0.1) is 0 Å². The number of nitrogens with zero attached hydrogens (tertiary/aromatic N) is 5. The number of aliphatic hydroxyl groups excluding tert-OH is 1. The Balaban J connectivity index is 1.30.